The Morgan fingerprint density at radius 3 is 2.41 bits per heavy atom. The molecule has 170 valence electrons. The number of carbonyl (C=O) groups excluding carboxylic acids is 1. The largest absolute Gasteiger partial charge is 0.467 e. The molecule has 1 heterocycles. The van der Waals surface area contributed by atoms with Crippen LogP contribution in [0.2, 0.25) is 5.02 Å². The van der Waals surface area contributed by atoms with Gasteiger partial charge in [-0.05, 0) is 50.1 Å². The van der Waals surface area contributed by atoms with Crippen molar-refractivity contribution in [3.8, 4) is 11.6 Å². The third-order valence-corrected chi connectivity index (χ3v) is 4.76. The predicted molar refractivity (Wildman–Crippen MR) is 111 cm³/mol. The molecule has 0 saturated heterocycles. The SMILES string of the molecule is CC(C)(Cc1ccc(F)cc1)NC(=O)COc1cc(C(F)(F)F)nn1-c1ccccc1Cl. The molecule has 1 amide bonds. The highest BCUT2D eigenvalue weighted by Crippen LogP contribution is 2.33. The molecule has 0 aliphatic carbocycles. The van der Waals surface area contributed by atoms with E-state index in [1.165, 1.54) is 24.3 Å². The highest BCUT2D eigenvalue weighted by Gasteiger charge is 2.36. The Balaban J connectivity index is 1.73. The number of hydrogen-bond acceptors (Lipinski definition) is 3. The van der Waals surface area contributed by atoms with Gasteiger partial charge in [-0.1, -0.05) is 35.9 Å². The zero-order valence-electron chi connectivity index (χ0n) is 17.2. The average molecular weight is 470 g/mol. The second kappa shape index (κ2) is 9.20. The predicted octanol–water partition coefficient (Wildman–Crippen LogP) is 5.20. The van der Waals surface area contributed by atoms with Gasteiger partial charge in [-0.15, -0.1) is 0 Å². The second-order valence-electron chi connectivity index (χ2n) is 7.75. The number of carbonyl (C=O) groups is 1. The molecule has 0 fully saturated rings. The summed E-state index contributed by atoms with van der Waals surface area (Å²) in [5.41, 5.74) is -0.899. The Hall–Kier alpha value is -3.07. The Morgan fingerprint density at radius 1 is 1.12 bits per heavy atom. The Kier molecular flexibility index (Phi) is 6.78. The number of alkyl halides is 3. The van der Waals surface area contributed by atoms with Crippen molar-refractivity contribution in [2.75, 3.05) is 6.61 Å². The Bertz CT molecular complexity index is 1100. The van der Waals surface area contributed by atoms with Crippen molar-refractivity contribution in [2.24, 2.45) is 0 Å². The van der Waals surface area contributed by atoms with Crippen molar-refractivity contribution in [3.05, 3.63) is 76.7 Å². The average Bonchev–Trinajstić information content (AvgIpc) is 3.12. The summed E-state index contributed by atoms with van der Waals surface area (Å²) in [7, 11) is 0. The van der Waals surface area contributed by atoms with E-state index in [0.29, 0.717) is 12.5 Å². The zero-order valence-corrected chi connectivity index (χ0v) is 18.0. The van der Waals surface area contributed by atoms with Crippen molar-refractivity contribution >= 4 is 17.5 Å². The molecule has 1 N–H and O–H groups in total. The van der Waals surface area contributed by atoms with Crippen LogP contribution in [-0.2, 0) is 17.4 Å². The van der Waals surface area contributed by atoms with Gasteiger partial charge in [0.05, 0.1) is 10.7 Å². The molecule has 3 aromatic rings. The number of rotatable bonds is 7. The molecular formula is C22H20ClF4N3O2. The number of amides is 1. The smallest absolute Gasteiger partial charge is 0.435 e. The lowest BCUT2D eigenvalue weighted by Crippen LogP contribution is -2.47. The van der Waals surface area contributed by atoms with E-state index in [-0.39, 0.29) is 22.4 Å². The fourth-order valence-electron chi connectivity index (χ4n) is 3.11. The van der Waals surface area contributed by atoms with Crippen molar-refractivity contribution < 1.29 is 27.1 Å². The van der Waals surface area contributed by atoms with Crippen LogP contribution < -0.4 is 10.1 Å². The van der Waals surface area contributed by atoms with E-state index in [9.17, 15) is 22.4 Å². The van der Waals surface area contributed by atoms with E-state index >= 15 is 0 Å². The summed E-state index contributed by atoms with van der Waals surface area (Å²) in [6, 6.07) is 12.8. The van der Waals surface area contributed by atoms with Crippen molar-refractivity contribution in [1.82, 2.24) is 15.1 Å². The molecule has 1 aromatic heterocycles. The van der Waals surface area contributed by atoms with Gasteiger partial charge in [0.2, 0.25) is 5.88 Å². The van der Waals surface area contributed by atoms with Gasteiger partial charge in [-0.3, -0.25) is 4.79 Å². The molecule has 5 nitrogen and oxygen atoms in total. The van der Waals surface area contributed by atoms with E-state index < -0.39 is 29.9 Å². The van der Waals surface area contributed by atoms with Crippen LogP contribution in [-0.4, -0.2) is 27.8 Å². The maximum Gasteiger partial charge on any atom is 0.435 e. The van der Waals surface area contributed by atoms with Gasteiger partial charge in [0, 0.05) is 11.6 Å². The molecule has 32 heavy (non-hydrogen) atoms. The number of aromatic nitrogens is 2. The van der Waals surface area contributed by atoms with Crippen LogP contribution >= 0.6 is 11.6 Å². The van der Waals surface area contributed by atoms with E-state index in [4.69, 9.17) is 16.3 Å². The monoisotopic (exact) mass is 469 g/mol. The van der Waals surface area contributed by atoms with Crippen LogP contribution in [0.4, 0.5) is 17.6 Å². The highest BCUT2D eigenvalue weighted by atomic mass is 35.5. The van der Waals surface area contributed by atoms with Crippen LogP contribution in [0.5, 0.6) is 5.88 Å². The molecule has 0 aliphatic rings. The van der Waals surface area contributed by atoms with E-state index in [0.717, 1.165) is 10.2 Å². The van der Waals surface area contributed by atoms with Crippen molar-refractivity contribution in [1.29, 1.82) is 0 Å². The summed E-state index contributed by atoms with van der Waals surface area (Å²) < 4.78 is 58.9. The molecule has 0 atom stereocenters. The number of nitrogens with zero attached hydrogens (tertiary/aromatic N) is 2. The fraction of sp³-hybridized carbons (Fsp3) is 0.273. The lowest BCUT2D eigenvalue weighted by Gasteiger charge is -2.26. The number of halogens is 5. The number of benzene rings is 2. The Morgan fingerprint density at radius 2 is 1.78 bits per heavy atom. The van der Waals surface area contributed by atoms with Crippen LogP contribution in [0.3, 0.4) is 0 Å². The molecule has 10 heteroatoms. The van der Waals surface area contributed by atoms with Crippen LogP contribution in [0, 0.1) is 5.82 Å². The number of nitrogens with one attached hydrogen (secondary N) is 1. The second-order valence-corrected chi connectivity index (χ2v) is 8.16. The summed E-state index contributed by atoms with van der Waals surface area (Å²) in [6.45, 7) is 2.99. The number of hydrogen-bond donors (Lipinski definition) is 1. The number of ether oxygens (including phenoxy) is 1. The summed E-state index contributed by atoms with van der Waals surface area (Å²) >= 11 is 6.09. The van der Waals surface area contributed by atoms with Crippen LogP contribution in [0.15, 0.2) is 54.6 Å². The van der Waals surface area contributed by atoms with Gasteiger partial charge in [0.25, 0.3) is 5.91 Å². The van der Waals surface area contributed by atoms with Gasteiger partial charge in [0.15, 0.2) is 12.3 Å². The lowest BCUT2D eigenvalue weighted by molar-refractivity contribution is -0.141. The first kappa shape index (κ1) is 23.6. The quantitative estimate of drug-likeness (QED) is 0.484. The molecule has 2 aromatic carbocycles. The zero-order chi connectivity index (χ0) is 23.5. The summed E-state index contributed by atoms with van der Waals surface area (Å²) in [5, 5.41) is 6.48. The first-order valence-corrected chi connectivity index (χ1v) is 9.93. The molecule has 0 radical (unpaired) electrons. The third kappa shape index (κ3) is 6.00. The number of para-hydroxylation sites is 1. The van der Waals surface area contributed by atoms with Crippen LogP contribution in [0.1, 0.15) is 25.1 Å². The minimum atomic E-state index is -4.70. The van der Waals surface area contributed by atoms with Gasteiger partial charge < -0.3 is 10.1 Å². The van der Waals surface area contributed by atoms with Crippen molar-refractivity contribution in [2.45, 2.75) is 32.0 Å². The summed E-state index contributed by atoms with van der Waals surface area (Å²) in [4.78, 5) is 12.4. The van der Waals surface area contributed by atoms with E-state index in [2.05, 4.69) is 10.4 Å². The standard InChI is InChI=1S/C22H20ClF4N3O2/c1-21(2,12-14-7-9-15(24)10-8-14)28-19(31)13-32-20-11-18(22(25,26)27)29-30(20)17-6-4-3-5-16(17)23/h3-11H,12-13H2,1-2H3,(H,28,31). The first-order chi connectivity index (χ1) is 14.9. The van der Waals surface area contributed by atoms with Crippen LogP contribution in [0.25, 0.3) is 5.69 Å². The molecule has 3 rings (SSSR count). The van der Waals surface area contributed by atoms with Gasteiger partial charge in [0.1, 0.15) is 5.82 Å². The maximum absolute atomic E-state index is 13.2. The molecular weight excluding hydrogens is 450 g/mol. The Labute approximate surface area is 186 Å². The first-order valence-electron chi connectivity index (χ1n) is 9.55. The lowest BCUT2D eigenvalue weighted by atomic mass is 9.95. The van der Waals surface area contributed by atoms with Gasteiger partial charge >= 0.3 is 6.18 Å². The highest BCUT2D eigenvalue weighted by molar-refractivity contribution is 6.32. The van der Waals surface area contributed by atoms with E-state index in [1.54, 1.807) is 38.1 Å². The normalized spacial score (nSPS) is 12.0. The minimum Gasteiger partial charge on any atom is -0.467 e. The fourth-order valence-corrected chi connectivity index (χ4v) is 3.33. The molecule has 0 aliphatic heterocycles. The summed E-state index contributed by atoms with van der Waals surface area (Å²) in [5.74, 6) is -1.19. The third-order valence-electron chi connectivity index (χ3n) is 4.44. The van der Waals surface area contributed by atoms with Gasteiger partial charge in [-0.25, -0.2) is 4.39 Å². The maximum atomic E-state index is 13.2. The summed E-state index contributed by atoms with van der Waals surface area (Å²) in [6.07, 6.45) is -4.29. The molecule has 0 bridgehead atoms. The molecule has 0 unspecified atom stereocenters. The van der Waals surface area contributed by atoms with Gasteiger partial charge in [-0.2, -0.15) is 23.0 Å². The molecule has 0 spiro atoms. The molecule has 0 saturated carbocycles. The topological polar surface area (TPSA) is 56.1 Å². The van der Waals surface area contributed by atoms with Crippen molar-refractivity contribution in [3.63, 3.8) is 0 Å². The van der Waals surface area contributed by atoms with E-state index in [1.807, 2.05) is 0 Å². The minimum absolute atomic E-state index is 0.166.